The lowest BCUT2D eigenvalue weighted by Crippen LogP contribution is -2.49. The topological polar surface area (TPSA) is 59.5 Å². The van der Waals surface area contributed by atoms with Crippen LogP contribution >= 0.6 is 0 Å². The fraction of sp³-hybridized carbons (Fsp3) is 0.278. The molecule has 1 atom stereocenters. The second kappa shape index (κ2) is 6.60. The Morgan fingerprint density at radius 1 is 1.22 bits per heavy atom. The molecule has 1 unspecified atom stereocenters. The van der Waals surface area contributed by atoms with Crippen molar-refractivity contribution in [1.82, 2.24) is 9.88 Å². The summed E-state index contributed by atoms with van der Waals surface area (Å²) >= 11 is 0. The third kappa shape index (κ3) is 3.08. The second-order valence-corrected chi connectivity index (χ2v) is 5.42. The summed E-state index contributed by atoms with van der Waals surface area (Å²) < 4.78 is 5.16. The van der Waals surface area contributed by atoms with Crippen LogP contribution in [0.1, 0.15) is 28.4 Å². The van der Waals surface area contributed by atoms with Gasteiger partial charge in [0.2, 0.25) is 0 Å². The number of rotatable bonds is 3. The number of carbonyl (C=O) groups excluding carboxylic acids is 2. The lowest BCUT2D eigenvalue weighted by molar-refractivity contribution is -0.149. The smallest absolute Gasteiger partial charge is 0.329 e. The van der Waals surface area contributed by atoms with E-state index in [1.807, 2.05) is 24.3 Å². The van der Waals surface area contributed by atoms with Crippen molar-refractivity contribution >= 4 is 11.9 Å². The van der Waals surface area contributed by atoms with Crippen molar-refractivity contribution in [3.63, 3.8) is 0 Å². The lowest BCUT2D eigenvalue weighted by atomic mass is 9.93. The predicted octanol–water partition coefficient (Wildman–Crippen LogP) is 2.21. The average Bonchev–Trinajstić information content (AvgIpc) is 2.61. The van der Waals surface area contributed by atoms with Crippen molar-refractivity contribution < 1.29 is 14.3 Å². The fourth-order valence-corrected chi connectivity index (χ4v) is 2.84. The molecule has 1 aromatic carbocycles. The Labute approximate surface area is 134 Å². The predicted molar refractivity (Wildman–Crippen MR) is 84.7 cm³/mol. The first-order chi connectivity index (χ1) is 11.2. The van der Waals surface area contributed by atoms with Gasteiger partial charge in [0, 0.05) is 25.4 Å². The van der Waals surface area contributed by atoms with E-state index >= 15 is 0 Å². The van der Waals surface area contributed by atoms with Crippen molar-refractivity contribution in [1.29, 1.82) is 0 Å². The van der Waals surface area contributed by atoms with Gasteiger partial charge in [-0.15, -0.1) is 0 Å². The van der Waals surface area contributed by atoms with Gasteiger partial charge in [0.25, 0.3) is 5.91 Å². The molecule has 1 aromatic heterocycles. The fourth-order valence-electron chi connectivity index (χ4n) is 2.84. The molecule has 1 aliphatic heterocycles. The Balaban J connectivity index is 1.94. The summed E-state index contributed by atoms with van der Waals surface area (Å²) in [5.41, 5.74) is 2.62. The zero-order valence-electron chi connectivity index (χ0n) is 12.9. The molecule has 0 saturated heterocycles. The minimum Gasteiger partial charge on any atom is -0.464 e. The molecule has 2 heterocycles. The van der Waals surface area contributed by atoms with Gasteiger partial charge in [0.15, 0.2) is 0 Å². The number of amides is 1. The first-order valence-corrected chi connectivity index (χ1v) is 7.65. The quantitative estimate of drug-likeness (QED) is 0.816. The van der Waals surface area contributed by atoms with Crippen molar-refractivity contribution in [2.24, 2.45) is 0 Å². The van der Waals surface area contributed by atoms with E-state index in [2.05, 4.69) is 4.98 Å². The monoisotopic (exact) mass is 310 g/mol. The van der Waals surface area contributed by atoms with Crippen LogP contribution in [0, 0.1) is 0 Å². The summed E-state index contributed by atoms with van der Waals surface area (Å²) in [6.07, 6.45) is 3.61. The maximum absolute atomic E-state index is 12.8. The molecule has 5 nitrogen and oxygen atoms in total. The number of hydrogen-bond acceptors (Lipinski definition) is 4. The van der Waals surface area contributed by atoms with Gasteiger partial charge in [-0.1, -0.05) is 24.3 Å². The van der Waals surface area contributed by atoms with Gasteiger partial charge in [-0.3, -0.25) is 9.78 Å². The largest absolute Gasteiger partial charge is 0.464 e. The van der Waals surface area contributed by atoms with Crippen LogP contribution in [0.3, 0.4) is 0 Å². The molecule has 0 aliphatic carbocycles. The van der Waals surface area contributed by atoms with Gasteiger partial charge >= 0.3 is 5.97 Å². The van der Waals surface area contributed by atoms with Gasteiger partial charge in [-0.25, -0.2) is 4.79 Å². The number of esters is 1. The normalized spacial score (nSPS) is 16.6. The first-order valence-electron chi connectivity index (χ1n) is 7.65. The highest BCUT2D eigenvalue weighted by Gasteiger charge is 2.35. The average molecular weight is 310 g/mol. The third-order valence-corrected chi connectivity index (χ3v) is 3.98. The molecule has 23 heavy (non-hydrogen) atoms. The summed E-state index contributed by atoms with van der Waals surface area (Å²) in [6.45, 7) is 2.46. The Kier molecular flexibility index (Phi) is 4.37. The van der Waals surface area contributed by atoms with Crippen LogP contribution < -0.4 is 0 Å². The molecule has 2 aromatic rings. The number of pyridine rings is 1. The zero-order valence-corrected chi connectivity index (χ0v) is 12.9. The Morgan fingerprint density at radius 2 is 2.00 bits per heavy atom. The highest BCUT2D eigenvalue weighted by atomic mass is 16.5. The van der Waals surface area contributed by atoms with Crippen LogP contribution in [0.4, 0.5) is 0 Å². The number of fused-ring (bicyclic) bond motifs is 1. The van der Waals surface area contributed by atoms with Crippen LogP contribution in [-0.4, -0.2) is 34.4 Å². The lowest BCUT2D eigenvalue weighted by Gasteiger charge is -2.35. The van der Waals surface area contributed by atoms with Gasteiger partial charge < -0.3 is 9.64 Å². The molecule has 3 rings (SSSR count). The second-order valence-electron chi connectivity index (χ2n) is 5.42. The molecule has 0 spiro atoms. The maximum atomic E-state index is 12.8. The van der Waals surface area contributed by atoms with Crippen molar-refractivity contribution in [2.75, 3.05) is 6.61 Å². The summed E-state index contributed by atoms with van der Waals surface area (Å²) in [6, 6.07) is 10.7. The van der Waals surface area contributed by atoms with Crippen LogP contribution in [0.25, 0.3) is 0 Å². The molecule has 0 N–H and O–H groups in total. The Morgan fingerprint density at radius 3 is 2.70 bits per heavy atom. The van der Waals surface area contributed by atoms with E-state index in [-0.39, 0.29) is 11.9 Å². The van der Waals surface area contributed by atoms with Crippen LogP contribution in [0.15, 0.2) is 48.8 Å². The van der Waals surface area contributed by atoms with Crippen molar-refractivity contribution in [3.8, 4) is 0 Å². The van der Waals surface area contributed by atoms with Gasteiger partial charge in [0.1, 0.15) is 6.04 Å². The molecule has 0 bridgehead atoms. The van der Waals surface area contributed by atoms with Crippen LogP contribution in [0.5, 0.6) is 0 Å². The van der Waals surface area contributed by atoms with E-state index in [1.165, 1.54) is 6.20 Å². The van der Waals surface area contributed by atoms with Crippen LogP contribution in [-0.2, 0) is 22.5 Å². The molecule has 5 heteroatoms. The molecule has 0 radical (unpaired) electrons. The molecular formula is C18H18N2O3. The Hall–Kier alpha value is -2.69. The Bertz CT molecular complexity index is 715. The molecule has 0 saturated carbocycles. The van der Waals surface area contributed by atoms with Crippen molar-refractivity contribution in [2.45, 2.75) is 25.9 Å². The number of ether oxygens (including phenoxy) is 1. The molecule has 118 valence electrons. The van der Waals surface area contributed by atoms with E-state index in [0.717, 1.165) is 11.1 Å². The van der Waals surface area contributed by atoms with E-state index in [4.69, 9.17) is 4.74 Å². The molecular weight excluding hydrogens is 292 g/mol. The number of benzene rings is 1. The number of nitrogens with zero attached hydrogens (tertiary/aromatic N) is 2. The third-order valence-electron chi connectivity index (χ3n) is 3.98. The highest BCUT2D eigenvalue weighted by Crippen LogP contribution is 2.25. The number of hydrogen-bond donors (Lipinski definition) is 0. The molecule has 1 aliphatic rings. The highest BCUT2D eigenvalue weighted by molar-refractivity contribution is 5.96. The summed E-state index contributed by atoms with van der Waals surface area (Å²) in [5.74, 6) is -0.565. The van der Waals surface area contributed by atoms with E-state index < -0.39 is 6.04 Å². The van der Waals surface area contributed by atoms with Gasteiger partial charge in [-0.05, 0) is 30.2 Å². The minimum absolute atomic E-state index is 0.203. The van der Waals surface area contributed by atoms with Crippen molar-refractivity contribution in [3.05, 3.63) is 65.5 Å². The van der Waals surface area contributed by atoms with E-state index in [1.54, 1.807) is 30.2 Å². The number of aromatic nitrogens is 1. The summed E-state index contributed by atoms with van der Waals surface area (Å²) in [7, 11) is 0. The van der Waals surface area contributed by atoms with Gasteiger partial charge in [0.05, 0.1) is 12.2 Å². The maximum Gasteiger partial charge on any atom is 0.329 e. The first kappa shape index (κ1) is 15.2. The standard InChI is InChI=1S/C18H18N2O3/c1-2-23-18(22)16-10-13-6-3-4-7-15(13)12-20(16)17(21)14-8-5-9-19-11-14/h3-9,11,16H,2,10,12H2,1H3. The SMILES string of the molecule is CCOC(=O)C1Cc2ccccc2CN1C(=O)c1cccnc1. The molecule has 0 fully saturated rings. The zero-order chi connectivity index (χ0) is 16.2. The summed E-state index contributed by atoms with van der Waals surface area (Å²) in [5, 5.41) is 0. The number of carbonyl (C=O) groups is 2. The molecule has 1 amide bonds. The van der Waals surface area contributed by atoms with E-state index in [9.17, 15) is 9.59 Å². The van der Waals surface area contributed by atoms with E-state index in [0.29, 0.717) is 25.1 Å². The summed E-state index contributed by atoms with van der Waals surface area (Å²) in [4.78, 5) is 30.7. The van der Waals surface area contributed by atoms with Crippen LogP contribution in [0.2, 0.25) is 0 Å². The minimum atomic E-state index is -0.599. The van der Waals surface area contributed by atoms with Gasteiger partial charge in [-0.2, -0.15) is 0 Å².